The first kappa shape index (κ1) is 15.4. The van der Waals surface area contributed by atoms with E-state index in [4.69, 9.17) is 14.7 Å². The van der Waals surface area contributed by atoms with Gasteiger partial charge in [0, 0.05) is 11.6 Å². The molecular weight excluding hydrogens is 281 g/mol. The third-order valence-corrected chi connectivity index (χ3v) is 2.87. The minimum atomic E-state index is -0.385. The average molecular weight is 295 g/mol. The molecule has 0 heterocycles. The Kier molecular flexibility index (Phi) is 5.40. The molecule has 0 unspecified atom stereocenters. The van der Waals surface area contributed by atoms with Crippen molar-refractivity contribution < 1.29 is 13.9 Å². The van der Waals surface area contributed by atoms with Crippen molar-refractivity contribution in [2.75, 3.05) is 13.7 Å². The van der Waals surface area contributed by atoms with Crippen molar-refractivity contribution in [1.82, 2.24) is 0 Å². The molecule has 22 heavy (non-hydrogen) atoms. The highest BCUT2D eigenvalue weighted by Crippen LogP contribution is 2.27. The minimum Gasteiger partial charge on any atom is -0.493 e. The van der Waals surface area contributed by atoms with Crippen LogP contribution < -0.4 is 9.47 Å². The number of hydrogen-bond acceptors (Lipinski definition) is 3. The Bertz CT molecular complexity index is 754. The molecule has 0 aliphatic heterocycles. The lowest BCUT2D eigenvalue weighted by Gasteiger charge is -2.07. The smallest absolute Gasteiger partial charge is 0.163 e. The zero-order valence-electron chi connectivity index (χ0n) is 12.1. The van der Waals surface area contributed by atoms with E-state index in [2.05, 4.69) is 17.9 Å². The van der Waals surface area contributed by atoms with E-state index in [1.165, 1.54) is 25.3 Å². The van der Waals surface area contributed by atoms with E-state index in [0.717, 1.165) is 11.1 Å². The first-order chi connectivity index (χ1) is 10.7. The van der Waals surface area contributed by atoms with Gasteiger partial charge in [-0.1, -0.05) is 24.0 Å². The second-order valence-corrected chi connectivity index (χ2v) is 4.42. The molecule has 0 saturated carbocycles. The lowest BCUT2D eigenvalue weighted by molar-refractivity contribution is 0.329. The number of halogens is 1. The van der Waals surface area contributed by atoms with E-state index in [-0.39, 0.29) is 12.4 Å². The normalized spacial score (nSPS) is 9.32. The lowest BCUT2D eigenvalue weighted by Crippen LogP contribution is -1.97. The summed E-state index contributed by atoms with van der Waals surface area (Å²) in [7, 11) is 1.45. The summed E-state index contributed by atoms with van der Waals surface area (Å²) < 4.78 is 23.6. The minimum absolute atomic E-state index is 0.157. The Morgan fingerprint density at radius 3 is 2.77 bits per heavy atom. The van der Waals surface area contributed by atoms with E-state index in [0.29, 0.717) is 17.9 Å². The monoisotopic (exact) mass is 295 g/mol. The molecule has 0 fully saturated rings. The molecule has 0 aliphatic carbocycles. The number of nitrogens with zero attached hydrogens (tertiary/aromatic N) is 1. The standard InChI is InChI=1S/C18H14FNO2/c1-21-18-13-16(19)7-8-17(18)22-11-3-6-14-4-2-5-15(12-14)9-10-20/h2,4-5,7-8,12-13H,9,11H2,1H3. The molecule has 0 aliphatic rings. The van der Waals surface area contributed by atoms with Crippen LogP contribution in [0.5, 0.6) is 11.5 Å². The number of methoxy groups -OCH3 is 1. The topological polar surface area (TPSA) is 42.2 Å². The lowest BCUT2D eigenvalue weighted by atomic mass is 10.1. The molecule has 2 rings (SSSR count). The first-order valence-corrected chi connectivity index (χ1v) is 6.64. The van der Waals surface area contributed by atoms with Crippen molar-refractivity contribution in [3.8, 4) is 29.4 Å². The number of rotatable bonds is 4. The van der Waals surface area contributed by atoms with Gasteiger partial charge in [-0.2, -0.15) is 5.26 Å². The molecule has 110 valence electrons. The fourth-order valence-corrected chi connectivity index (χ4v) is 1.86. The zero-order chi connectivity index (χ0) is 15.8. The van der Waals surface area contributed by atoms with Crippen LogP contribution in [0, 0.1) is 29.0 Å². The fourth-order valence-electron chi connectivity index (χ4n) is 1.86. The van der Waals surface area contributed by atoms with E-state index in [1.807, 2.05) is 24.3 Å². The molecule has 0 bridgehead atoms. The van der Waals surface area contributed by atoms with Crippen LogP contribution in [0.2, 0.25) is 0 Å². The molecular formula is C18H14FNO2. The second-order valence-electron chi connectivity index (χ2n) is 4.42. The Labute approximate surface area is 128 Å². The van der Waals surface area contributed by atoms with Crippen LogP contribution in [-0.2, 0) is 6.42 Å². The molecule has 2 aromatic carbocycles. The number of benzene rings is 2. The quantitative estimate of drug-likeness (QED) is 0.812. The summed E-state index contributed by atoms with van der Waals surface area (Å²) in [5.74, 6) is 6.23. The maximum absolute atomic E-state index is 13.1. The van der Waals surface area contributed by atoms with Crippen LogP contribution >= 0.6 is 0 Å². The highest BCUT2D eigenvalue weighted by molar-refractivity contribution is 5.41. The van der Waals surface area contributed by atoms with E-state index in [9.17, 15) is 4.39 Å². The van der Waals surface area contributed by atoms with Crippen molar-refractivity contribution in [2.45, 2.75) is 6.42 Å². The van der Waals surface area contributed by atoms with E-state index in [1.54, 1.807) is 0 Å². The van der Waals surface area contributed by atoms with Crippen LogP contribution in [0.25, 0.3) is 0 Å². The van der Waals surface area contributed by atoms with Gasteiger partial charge in [-0.25, -0.2) is 4.39 Å². The highest BCUT2D eigenvalue weighted by atomic mass is 19.1. The molecule has 4 heteroatoms. The van der Waals surface area contributed by atoms with Crippen LogP contribution in [0.15, 0.2) is 42.5 Å². The van der Waals surface area contributed by atoms with Crippen molar-refractivity contribution in [3.05, 3.63) is 59.4 Å². The zero-order valence-corrected chi connectivity index (χ0v) is 12.1. The Balaban J connectivity index is 2.00. The largest absolute Gasteiger partial charge is 0.493 e. The van der Waals surface area contributed by atoms with E-state index < -0.39 is 0 Å². The number of hydrogen-bond donors (Lipinski definition) is 0. The van der Waals surface area contributed by atoms with Gasteiger partial charge < -0.3 is 9.47 Å². The predicted octanol–water partition coefficient (Wildman–Crippen LogP) is 3.33. The molecule has 0 radical (unpaired) electrons. The molecule has 0 saturated heterocycles. The maximum atomic E-state index is 13.1. The summed E-state index contributed by atoms with van der Waals surface area (Å²) in [5.41, 5.74) is 1.75. The molecule has 2 aromatic rings. The summed E-state index contributed by atoms with van der Waals surface area (Å²) in [5, 5.41) is 8.68. The molecule has 0 spiro atoms. The number of nitriles is 1. The van der Waals surface area contributed by atoms with Gasteiger partial charge in [0.15, 0.2) is 11.5 Å². The van der Waals surface area contributed by atoms with Gasteiger partial charge in [-0.05, 0) is 29.8 Å². The second kappa shape index (κ2) is 7.71. The molecule has 0 amide bonds. The third-order valence-electron chi connectivity index (χ3n) is 2.87. The van der Waals surface area contributed by atoms with E-state index >= 15 is 0 Å². The van der Waals surface area contributed by atoms with Crippen LogP contribution in [-0.4, -0.2) is 13.7 Å². The molecule has 3 nitrogen and oxygen atoms in total. The SMILES string of the molecule is COc1cc(F)ccc1OCC#Cc1cccc(CC#N)c1. The highest BCUT2D eigenvalue weighted by Gasteiger charge is 2.04. The van der Waals surface area contributed by atoms with Gasteiger partial charge in [0.2, 0.25) is 0 Å². The summed E-state index contributed by atoms with van der Waals surface area (Å²) >= 11 is 0. The molecule has 0 N–H and O–H groups in total. The van der Waals surface area contributed by atoms with Crippen LogP contribution in [0.4, 0.5) is 4.39 Å². The maximum Gasteiger partial charge on any atom is 0.163 e. The summed E-state index contributed by atoms with van der Waals surface area (Å²) in [6.45, 7) is 0.157. The summed E-state index contributed by atoms with van der Waals surface area (Å²) in [4.78, 5) is 0. The Hall–Kier alpha value is -2.98. The van der Waals surface area contributed by atoms with Crippen molar-refractivity contribution in [2.24, 2.45) is 0 Å². The number of ether oxygens (including phenoxy) is 2. The Morgan fingerprint density at radius 1 is 1.14 bits per heavy atom. The molecule has 0 atom stereocenters. The van der Waals surface area contributed by atoms with Crippen molar-refractivity contribution in [1.29, 1.82) is 5.26 Å². The van der Waals surface area contributed by atoms with Gasteiger partial charge >= 0.3 is 0 Å². The fraction of sp³-hybridized carbons (Fsp3) is 0.167. The van der Waals surface area contributed by atoms with Gasteiger partial charge in [-0.15, -0.1) is 0 Å². The first-order valence-electron chi connectivity index (χ1n) is 6.64. The third kappa shape index (κ3) is 4.26. The van der Waals surface area contributed by atoms with Crippen LogP contribution in [0.3, 0.4) is 0 Å². The van der Waals surface area contributed by atoms with Crippen molar-refractivity contribution in [3.63, 3.8) is 0 Å². The predicted molar refractivity (Wildman–Crippen MR) is 81.1 cm³/mol. The van der Waals surface area contributed by atoms with Gasteiger partial charge in [0.25, 0.3) is 0 Å². The summed E-state index contributed by atoms with van der Waals surface area (Å²) in [6.07, 6.45) is 0.360. The van der Waals surface area contributed by atoms with Crippen molar-refractivity contribution >= 4 is 0 Å². The van der Waals surface area contributed by atoms with Gasteiger partial charge in [0.05, 0.1) is 19.6 Å². The van der Waals surface area contributed by atoms with Gasteiger partial charge in [0.1, 0.15) is 12.4 Å². The van der Waals surface area contributed by atoms with Crippen LogP contribution in [0.1, 0.15) is 11.1 Å². The Morgan fingerprint density at radius 2 is 2.00 bits per heavy atom. The average Bonchev–Trinajstić information content (AvgIpc) is 2.53. The summed E-state index contributed by atoms with van der Waals surface area (Å²) in [6, 6.07) is 13.6. The van der Waals surface area contributed by atoms with Gasteiger partial charge in [-0.3, -0.25) is 0 Å². The molecule has 0 aromatic heterocycles.